The highest BCUT2D eigenvalue weighted by Crippen LogP contribution is 2.29. The minimum absolute atomic E-state index is 0.000658. The number of phenolic OH excluding ortho intramolecular Hbond substituents is 1. The van der Waals surface area contributed by atoms with Crippen LogP contribution in [-0.4, -0.2) is 11.0 Å². The van der Waals surface area contributed by atoms with Crippen molar-refractivity contribution in [1.82, 2.24) is 0 Å². The second kappa shape index (κ2) is 5.76. The van der Waals surface area contributed by atoms with Crippen molar-refractivity contribution in [1.29, 1.82) is 0 Å². The van der Waals surface area contributed by atoms with Crippen molar-refractivity contribution in [2.24, 2.45) is 5.92 Å². The fourth-order valence-electron chi connectivity index (χ4n) is 2.51. The summed E-state index contributed by atoms with van der Waals surface area (Å²) in [6, 6.07) is 4.58. The molecule has 4 heteroatoms. The minimum atomic E-state index is -0.000658. The number of amides is 1. The second-order valence-electron chi connectivity index (χ2n) is 5.01. The van der Waals surface area contributed by atoms with Gasteiger partial charge in [-0.15, -0.1) is 0 Å². The van der Waals surface area contributed by atoms with E-state index in [2.05, 4.69) is 5.32 Å². The number of nitrogens with two attached hydrogens (primary N) is 1. The van der Waals surface area contributed by atoms with Crippen molar-refractivity contribution in [2.45, 2.75) is 38.5 Å². The van der Waals surface area contributed by atoms with Crippen molar-refractivity contribution >= 4 is 17.3 Å². The van der Waals surface area contributed by atoms with Crippen LogP contribution in [0.25, 0.3) is 0 Å². The van der Waals surface area contributed by atoms with Crippen LogP contribution in [0, 0.1) is 5.92 Å². The summed E-state index contributed by atoms with van der Waals surface area (Å²) in [6.07, 6.45) is 6.63. The first-order valence-electron chi connectivity index (χ1n) is 6.53. The number of phenols is 1. The summed E-state index contributed by atoms with van der Waals surface area (Å²) < 4.78 is 0. The Labute approximate surface area is 107 Å². The first-order chi connectivity index (χ1) is 8.65. The molecule has 18 heavy (non-hydrogen) atoms. The van der Waals surface area contributed by atoms with Gasteiger partial charge < -0.3 is 16.2 Å². The van der Waals surface area contributed by atoms with E-state index in [0.717, 1.165) is 6.42 Å². The molecule has 0 bridgehead atoms. The summed E-state index contributed by atoms with van der Waals surface area (Å²) in [6.45, 7) is 0. The van der Waals surface area contributed by atoms with Crippen LogP contribution in [0.2, 0.25) is 0 Å². The summed E-state index contributed by atoms with van der Waals surface area (Å²) in [5.74, 6) is 0.823. The minimum Gasteiger partial charge on any atom is -0.508 e. The molecule has 0 aliphatic heterocycles. The maximum atomic E-state index is 11.8. The summed E-state index contributed by atoms with van der Waals surface area (Å²) >= 11 is 0. The van der Waals surface area contributed by atoms with E-state index in [1.807, 2.05) is 0 Å². The summed E-state index contributed by atoms with van der Waals surface area (Å²) in [5.41, 5.74) is 6.68. The van der Waals surface area contributed by atoms with Crippen molar-refractivity contribution in [3.8, 4) is 5.75 Å². The lowest BCUT2D eigenvalue weighted by Gasteiger charge is -2.10. The molecule has 1 aromatic carbocycles. The average molecular weight is 248 g/mol. The zero-order valence-electron chi connectivity index (χ0n) is 10.5. The normalized spacial score (nSPS) is 15.8. The van der Waals surface area contributed by atoms with Gasteiger partial charge in [0.1, 0.15) is 5.75 Å². The molecule has 1 saturated carbocycles. The Morgan fingerprint density at radius 2 is 2.11 bits per heavy atom. The largest absolute Gasteiger partial charge is 0.508 e. The molecule has 98 valence electrons. The number of anilines is 2. The van der Waals surface area contributed by atoms with E-state index < -0.39 is 0 Å². The Morgan fingerprint density at radius 1 is 1.39 bits per heavy atom. The van der Waals surface area contributed by atoms with Gasteiger partial charge in [-0.25, -0.2) is 0 Å². The number of hydrogen-bond acceptors (Lipinski definition) is 3. The predicted octanol–water partition coefficient (Wildman–Crippen LogP) is 2.88. The van der Waals surface area contributed by atoms with Gasteiger partial charge in [0, 0.05) is 12.5 Å². The Hall–Kier alpha value is -1.71. The molecule has 0 saturated heterocycles. The highest BCUT2D eigenvalue weighted by Gasteiger charge is 2.16. The number of carbonyl (C=O) groups is 1. The lowest BCUT2D eigenvalue weighted by Crippen LogP contribution is -2.13. The molecule has 0 aromatic heterocycles. The third-order valence-electron chi connectivity index (χ3n) is 3.56. The first kappa shape index (κ1) is 12.7. The average Bonchev–Trinajstić information content (AvgIpc) is 2.83. The molecule has 2 rings (SSSR count). The van der Waals surface area contributed by atoms with Crippen LogP contribution in [-0.2, 0) is 4.79 Å². The Bertz CT molecular complexity index is 426. The van der Waals surface area contributed by atoms with Gasteiger partial charge in [0.2, 0.25) is 5.91 Å². The number of carbonyl (C=O) groups excluding carboxylic acids is 1. The maximum absolute atomic E-state index is 11.8. The maximum Gasteiger partial charge on any atom is 0.224 e. The smallest absolute Gasteiger partial charge is 0.224 e. The molecule has 0 spiro atoms. The standard InChI is InChI=1S/C14H20N2O2/c15-12-9-11(17)6-7-13(12)16-14(18)8-5-10-3-1-2-4-10/h6-7,9-10,17H,1-5,8,15H2,(H,16,18). The van der Waals surface area contributed by atoms with Crippen LogP contribution in [0.5, 0.6) is 5.75 Å². The molecule has 1 fully saturated rings. The van der Waals surface area contributed by atoms with Gasteiger partial charge in [0.25, 0.3) is 0 Å². The molecule has 0 heterocycles. The topological polar surface area (TPSA) is 75.3 Å². The van der Waals surface area contributed by atoms with Crippen LogP contribution in [0.4, 0.5) is 11.4 Å². The third kappa shape index (κ3) is 3.39. The fraction of sp³-hybridized carbons (Fsp3) is 0.500. The van der Waals surface area contributed by atoms with E-state index in [0.29, 0.717) is 23.7 Å². The SMILES string of the molecule is Nc1cc(O)ccc1NC(=O)CCC1CCCC1. The Morgan fingerprint density at radius 3 is 2.78 bits per heavy atom. The molecule has 1 amide bonds. The zero-order valence-corrected chi connectivity index (χ0v) is 10.5. The Balaban J connectivity index is 1.82. The van der Waals surface area contributed by atoms with Crippen molar-refractivity contribution in [2.75, 3.05) is 11.1 Å². The van der Waals surface area contributed by atoms with Gasteiger partial charge in [-0.3, -0.25) is 4.79 Å². The molecule has 0 atom stereocenters. The quantitative estimate of drug-likeness (QED) is 0.566. The number of nitrogen functional groups attached to an aromatic ring is 1. The van der Waals surface area contributed by atoms with Crippen molar-refractivity contribution < 1.29 is 9.90 Å². The molecule has 0 unspecified atom stereocenters. The number of rotatable bonds is 4. The number of benzene rings is 1. The molecule has 4 N–H and O–H groups in total. The molecular weight excluding hydrogens is 228 g/mol. The summed E-state index contributed by atoms with van der Waals surface area (Å²) in [5, 5.41) is 12.0. The summed E-state index contributed by atoms with van der Waals surface area (Å²) in [7, 11) is 0. The van der Waals surface area contributed by atoms with E-state index in [9.17, 15) is 9.90 Å². The van der Waals surface area contributed by atoms with Gasteiger partial charge in [0.15, 0.2) is 0 Å². The highest BCUT2D eigenvalue weighted by atomic mass is 16.3. The van der Waals surface area contributed by atoms with Gasteiger partial charge >= 0.3 is 0 Å². The monoisotopic (exact) mass is 248 g/mol. The van der Waals surface area contributed by atoms with E-state index >= 15 is 0 Å². The molecule has 4 nitrogen and oxygen atoms in total. The van der Waals surface area contributed by atoms with Gasteiger partial charge in [-0.05, 0) is 24.5 Å². The molecular formula is C14H20N2O2. The third-order valence-corrected chi connectivity index (χ3v) is 3.56. The first-order valence-corrected chi connectivity index (χ1v) is 6.53. The van der Waals surface area contributed by atoms with Crippen LogP contribution < -0.4 is 11.1 Å². The lowest BCUT2D eigenvalue weighted by molar-refractivity contribution is -0.116. The number of hydrogen-bond donors (Lipinski definition) is 3. The number of aromatic hydroxyl groups is 1. The van der Waals surface area contributed by atoms with E-state index in [1.165, 1.54) is 37.8 Å². The van der Waals surface area contributed by atoms with E-state index in [1.54, 1.807) is 6.07 Å². The Kier molecular flexibility index (Phi) is 4.07. The van der Waals surface area contributed by atoms with Crippen LogP contribution in [0.15, 0.2) is 18.2 Å². The molecule has 1 aliphatic carbocycles. The predicted molar refractivity (Wildman–Crippen MR) is 72.3 cm³/mol. The zero-order chi connectivity index (χ0) is 13.0. The van der Waals surface area contributed by atoms with E-state index in [-0.39, 0.29) is 11.7 Å². The second-order valence-corrected chi connectivity index (χ2v) is 5.01. The molecule has 0 radical (unpaired) electrons. The lowest BCUT2D eigenvalue weighted by atomic mass is 10.0. The highest BCUT2D eigenvalue weighted by molar-refractivity contribution is 5.93. The molecule has 1 aliphatic rings. The van der Waals surface area contributed by atoms with Crippen LogP contribution >= 0.6 is 0 Å². The van der Waals surface area contributed by atoms with Crippen molar-refractivity contribution in [3.05, 3.63) is 18.2 Å². The fourth-order valence-corrected chi connectivity index (χ4v) is 2.51. The summed E-state index contributed by atoms with van der Waals surface area (Å²) in [4.78, 5) is 11.8. The number of nitrogens with one attached hydrogen (secondary N) is 1. The van der Waals surface area contributed by atoms with Crippen LogP contribution in [0.1, 0.15) is 38.5 Å². The van der Waals surface area contributed by atoms with Gasteiger partial charge in [-0.2, -0.15) is 0 Å². The van der Waals surface area contributed by atoms with Crippen molar-refractivity contribution in [3.63, 3.8) is 0 Å². The van der Waals surface area contributed by atoms with Gasteiger partial charge in [-0.1, -0.05) is 25.7 Å². The van der Waals surface area contributed by atoms with Crippen LogP contribution in [0.3, 0.4) is 0 Å². The molecule has 1 aromatic rings. The van der Waals surface area contributed by atoms with Gasteiger partial charge in [0.05, 0.1) is 11.4 Å². The van der Waals surface area contributed by atoms with E-state index in [4.69, 9.17) is 5.73 Å².